The second-order valence-corrected chi connectivity index (χ2v) is 6.45. The Morgan fingerprint density at radius 3 is 2.83 bits per heavy atom. The number of amides is 1. The van der Waals surface area contributed by atoms with Crippen molar-refractivity contribution in [2.45, 2.75) is 32.6 Å². The van der Waals surface area contributed by atoms with Crippen molar-refractivity contribution >= 4 is 18.3 Å². The number of hydrogen-bond donors (Lipinski definition) is 2. The highest BCUT2D eigenvalue weighted by Crippen LogP contribution is 2.58. The molecule has 1 unspecified atom stereocenters. The van der Waals surface area contributed by atoms with E-state index in [4.69, 9.17) is 4.74 Å². The molecule has 0 radical (unpaired) electrons. The summed E-state index contributed by atoms with van der Waals surface area (Å²) < 4.78 is 5.62. The highest BCUT2D eigenvalue weighted by Gasteiger charge is 2.57. The Morgan fingerprint density at radius 2 is 2.09 bits per heavy atom. The van der Waals surface area contributed by atoms with Gasteiger partial charge in [-0.25, -0.2) is 0 Å². The number of ether oxygens (including phenoxy) is 1. The van der Waals surface area contributed by atoms with Crippen LogP contribution < -0.4 is 15.4 Å². The van der Waals surface area contributed by atoms with Gasteiger partial charge in [-0.1, -0.05) is 18.2 Å². The molecule has 1 saturated heterocycles. The summed E-state index contributed by atoms with van der Waals surface area (Å²) in [5.41, 5.74) is 1.48. The molecule has 0 aromatic heterocycles. The molecular formula is C18H27ClN2O2. The summed E-state index contributed by atoms with van der Waals surface area (Å²) in [5.74, 6) is 1.42. The summed E-state index contributed by atoms with van der Waals surface area (Å²) in [6, 6.07) is 8.07. The van der Waals surface area contributed by atoms with Gasteiger partial charge in [0.15, 0.2) is 0 Å². The van der Waals surface area contributed by atoms with E-state index < -0.39 is 0 Å². The number of para-hydroxylation sites is 1. The number of piperidine rings is 1. The molecule has 1 saturated carbocycles. The van der Waals surface area contributed by atoms with Crippen LogP contribution in [-0.2, 0) is 11.2 Å². The van der Waals surface area contributed by atoms with Gasteiger partial charge >= 0.3 is 0 Å². The van der Waals surface area contributed by atoms with Crippen LogP contribution >= 0.6 is 12.4 Å². The monoisotopic (exact) mass is 338 g/mol. The van der Waals surface area contributed by atoms with Crippen LogP contribution in [0.25, 0.3) is 0 Å². The topological polar surface area (TPSA) is 50.4 Å². The largest absolute Gasteiger partial charge is 0.494 e. The zero-order valence-corrected chi connectivity index (χ0v) is 14.6. The Kier molecular flexibility index (Phi) is 6.31. The lowest BCUT2D eigenvalue weighted by Crippen LogP contribution is -2.34. The molecule has 0 bridgehead atoms. The van der Waals surface area contributed by atoms with E-state index in [0.29, 0.717) is 18.6 Å². The first kappa shape index (κ1) is 18.1. The summed E-state index contributed by atoms with van der Waals surface area (Å²) >= 11 is 0. The first-order chi connectivity index (χ1) is 10.7. The van der Waals surface area contributed by atoms with E-state index in [9.17, 15) is 4.79 Å². The number of carbonyl (C=O) groups is 1. The van der Waals surface area contributed by atoms with Gasteiger partial charge in [0.1, 0.15) is 5.75 Å². The fourth-order valence-electron chi connectivity index (χ4n) is 3.65. The van der Waals surface area contributed by atoms with Gasteiger partial charge in [-0.3, -0.25) is 4.79 Å². The molecular weight excluding hydrogens is 312 g/mol. The van der Waals surface area contributed by atoms with Gasteiger partial charge in [0.2, 0.25) is 5.91 Å². The molecule has 1 aliphatic heterocycles. The van der Waals surface area contributed by atoms with Crippen LogP contribution in [0.5, 0.6) is 5.75 Å². The van der Waals surface area contributed by atoms with Crippen molar-refractivity contribution in [2.75, 3.05) is 26.2 Å². The molecule has 2 N–H and O–H groups in total. The lowest BCUT2D eigenvalue weighted by Gasteiger charge is -2.23. The van der Waals surface area contributed by atoms with Crippen LogP contribution in [0.1, 0.15) is 31.7 Å². The molecule has 2 fully saturated rings. The van der Waals surface area contributed by atoms with Gasteiger partial charge in [0.25, 0.3) is 0 Å². The maximum Gasteiger partial charge on any atom is 0.223 e. The van der Waals surface area contributed by atoms with Crippen LogP contribution in [-0.4, -0.2) is 32.1 Å². The van der Waals surface area contributed by atoms with Gasteiger partial charge < -0.3 is 15.4 Å². The molecule has 1 atom stereocenters. The zero-order valence-electron chi connectivity index (χ0n) is 13.8. The van der Waals surface area contributed by atoms with Crippen LogP contribution in [0.4, 0.5) is 0 Å². The average Bonchev–Trinajstić information content (AvgIpc) is 3.23. The van der Waals surface area contributed by atoms with Crippen molar-refractivity contribution in [1.29, 1.82) is 0 Å². The summed E-state index contributed by atoms with van der Waals surface area (Å²) in [6.07, 6.45) is 4.20. The zero-order chi connectivity index (χ0) is 15.4. The highest BCUT2D eigenvalue weighted by molar-refractivity contribution is 5.85. The van der Waals surface area contributed by atoms with Gasteiger partial charge in [-0.15, -0.1) is 12.4 Å². The first-order valence-corrected chi connectivity index (χ1v) is 8.44. The number of rotatable bonds is 6. The molecule has 1 aromatic carbocycles. The lowest BCUT2D eigenvalue weighted by atomic mass is 9.92. The summed E-state index contributed by atoms with van der Waals surface area (Å²) in [6.45, 7) is 5.47. The normalized spacial score (nSPS) is 21.3. The predicted molar refractivity (Wildman–Crippen MR) is 94.2 cm³/mol. The number of halogens is 1. The molecule has 1 aliphatic carbocycles. The minimum absolute atomic E-state index is 0. The Hall–Kier alpha value is -1.26. The van der Waals surface area contributed by atoms with E-state index >= 15 is 0 Å². The summed E-state index contributed by atoms with van der Waals surface area (Å²) in [4.78, 5) is 12.3. The smallest absolute Gasteiger partial charge is 0.223 e. The molecule has 4 nitrogen and oxygen atoms in total. The predicted octanol–water partition coefficient (Wildman–Crippen LogP) is 2.56. The molecule has 128 valence electrons. The number of nitrogens with one attached hydrogen (secondary N) is 2. The minimum atomic E-state index is 0. The molecule has 1 heterocycles. The SMILES string of the molecule is CCOc1ccccc1CCNC(=O)C1CC12CCNCC2.Cl. The van der Waals surface area contributed by atoms with Gasteiger partial charge in [-0.05, 0) is 62.7 Å². The van der Waals surface area contributed by atoms with E-state index in [1.54, 1.807) is 0 Å². The van der Waals surface area contributed by atoms with Crippen LogP contribution in [0.15, 0.2) is 24.3 Å². The van der Waals surface area contributed by atoms with Crippen molar-refractivity contribution in [3.8, 4) is 5.75 Å². The third kappa shape index (κ3) is 4.18. The quantitative estimate of drug-likeness (QED) is 0.838. The maximum absolute atomic E-state index is 12.3. The van der Waals surface area contributed by atoms with Crippen LogP contribution in [0.3, 0.4) is 0 Å². The number of hydrogen-bond acceptors (Lipinski definition) is 3. The Balaban J connectivity index is 0.00000192. The molecule has 1 spiro atoms. The second kappa shape index (κ2) is 8.02. The number of benzene rings is 1. The maximum atomic E-state index is 12.3. The second-order valence-electron chi connectivity index (χ2n) is 6.45. The van der Waals surface area contributed by atoms with Gasteiger partial charge in [0, 0.05) is 12.5 Å². The van der Waals surface area contributed by atoms with Crippen molar-refractivity contribution in [1.82, 2.24) is 10.6 Å². The molecule has 2 aliphatic rings. The third-order valence-corrected chi connectivity index (χ3v) is 5.07. The standard InChI is InChI=1S/C18H26N2O2.ClH/c1-2-22-16-6-4-3-5-14(16)7-10-20-17(21)15-13-18(15)8-11-19-12-9-18;/h3-6,15,19H,2,7-13H2,1H3,(H,20,21);1H. The Labute approximate surface area is 144 Å². The molecule has 23 heavy (non-hydrogen) atoms. The van der Waals surface area contributed by atoms with Crippen molar-refractivity contribution < 1.29 is 9.53 Å². The summed E-state index contributed by atoms with van der Waals surface area (Å²) in [5, 5.41) is 6.50. The van der Waals surface area contributed by atoms with Crippen molar-refractivity contribution in [3.05, 3.63) is 29.8 Å². The van der Waals surface area contributed by atoms with E-state index in [-0.39, 0.29) is 24.2 Å². The Morgan fingerprint density at radius 1 is 1.35 bits per heavy atom. The fraction of sp³-hybridized carbons (Fsp3) is 0.611. The van der Waals surface area contributed by atoms with E-state index in [1.807, 2.05) is 25.1 Å². The molecule has 1 amide bonds. The van der Waals surface area contributed by atoms with E-state index in [0.717, 1.165) is 50.1 Å². The fourth-order valence-corrected chi connectivity index (χ4v) is 3.65. The average molecular weight is 339 g/mol. The highest BCUT2D eigenvalue weighted by atomic mass is 35.5. The molecule has 1 aromatic rings. The first-order valence-electron chi connectivity index (χ1n) is 8.44. The van der Waals surface area contributed by atoms with Crippen LogP contribution in [0.2, 0.25) is 0 Å². The van der Waals surface area contributed by atoms with Gasteiger partial charge in [0.05, 0.1) is 6.61 Å². The third-order valence-electron chi connectivity index (χ3n) is 5.07. The minimum Gasteiger partial charge on any atom is -0.494 e. The number of carbonyl (C=O) groups excluding carboxylic acids is 1. The Bertz CT molecular complexity index is 530. The summed E-state index contributed by atoms with van der Waals surface area (Å²) in [7, 11) is 0. The lowest BCUT2D eigenvalue weighted by molar-refractivity contribution is -0.123. The van der Waals surface area contributed by atoms with Gasteiger partial charge in [-0.2, -0.15) is 0 Å². The van der Waals surface area contributed by atoms with E-state index in [2.05, 4.69) is 16.7 Å². The molecule has 5 heteroatoms. The van der Waals surface area contributed by atoms with Crippen molar-refractivity contribution in [3.63, 3.8) is 0 Å². The van der Waals surface area contributed by atoms with E-state index in [1.165, 1.54) is 0 Å². The van der Waals surface area contributed by atoms with Crippen LogP contribution in [0, 0.1) is 11.3 Å². The molecule has 3 rings (SSSR count). The van der Waals surface area contributed by atoms with Crippen molar-refractivity contribution in [2.24, 2.45) is 11.3 Å².